The standard InChI is InChI=1S/C10H24O4Si/c1-6-10(2)14-8-7-9-15(11-3,12-4)13-5/h10H,6-9H2,1-5H3. The second-order valence-corrected chi connectivity index (χ2v) is 6.58. The predicted molar refractivity (Wildman–Crippen MR) is 61.9 cm³/mol. The maximum absolute atomic E-state index is 5.58. The molecule has 0 aromatic heterocycles. The Kier molecular flexibility index (Phi) is 8.27. The minimum Gasteiger partial charge on any atom is -0.379 e. The maximum atomic E-state index is 5.58. The van der Waals surface area contributed by atoms with Gasteiger partial charge in [-0.25, -0.2) is 0 Å². The summed E-state index contributed by atoms with van der Waals surface area (Å²) < 4.78 is 21.5. The van der Waals surface area contributed by atoms with Crippen molar-refractivity contribution in [3.8, 4) is 0 Å². The van der Waals surface area contributed by atoms with E-state index in [2.05, 4.69) is 13.8 Å². The minimum atomic E-state index is -2.38. The Hall–Kier alpha value is 0.0569. The van der Waals surface area contributed by atoms with Crippen LogP contribution in [0.1, 0.15) is 26.7 Å². The molecule has 0 aromatic rings. The summed E-state index contributed by atoms with van der Waals surface area (Å²) in [5.74, 6) is 0. The zero-order valence-electron chi connectivity index (χ0n) is 10.5. The lowest BCUT2D eigenvalue weighted by Gasteiger charge is -2.24. The summed E-state index contributed by atoms with van der Waals surface area (Å²) in [7, 11) is 2.52. The number of rotatable bonds is 9. The Morgan fingerprint density at radius 3 is 2.00 bits per heavy atom. The Bertz CT molecular complexity index is 142. The first-order valence-electron chi connectivity index (χ1n) is 5.41. The van der Waals surface area contributed by atoms with E-state index in [9.17, 15) is 0 Å². The van der Waals surface area contributed by atoms with Gasteiger partial charge in [-0.15, -0.1) is 0 Å². The fraction of sp³-hybridized carbons (Fsp3) is 1.00. The Balaban J connectivity index is 3.72. The summed E-state index contributed by atoms with van der Waals surface area (Å²) in [6, 6.07) is 0.799. The van der Waals surface area contributed by atoms with Gasteiger partial charge in [0.25, 0.3) is 0 Å². The lowest BCUT2D eigenvalue weighted by Crippen LogP contribution is -2.42. The van der Waals surface area contributed by atoms with Crippen LogP contribution in [0, 0.1) is 0 Å². The highest BCUT2D eigenvalue weighted by Crippen LogP contribution is 2.15. The molecule has 1 atom stereocenters. The van der Waals surface area contributed by atoms with Crippen LogP contribution in [0.4, 0.5) is 0 Å². The molecule has 5 heteroatoms. The lowest BCUT2D eigenvalue weighted by molar-refractivity contribution is 0.0588. The SMILES string of the molecule is CCC(C)OCCC[Si](OC)(OC)OC. The average molecular weight is 236 g/mol. The van der Waals surface area contributed by atoms with Crippen LogP contribution in [0.5, 0.6) is 0 Å². The lowest BCUT2D eigenvalue weighted by atomic mass is 10.3. The van der Waals surface area contributed by atoms with Gasteiger partial charge >= 0.3 is 8.80 Å². The van der Waals surface area contributed by atoms with Crippen molar-refractivity contribution in [2.24, 2.45) is 0 Å². The van der Waals surface area contributed by atoms with E-state index in [0.717, 1.165) is 25.5 Å². The van der Waals surface area contributed by atoms with Crippen molar-refractivity contribution < 1.29 is 18.0 Å². The molecule has 0 aromatic carbocycles. The molecule has 15 heavy (non-hydrogen) atoms. The van der Waals surface area contributed by atoms with E-state index in [0.29, 0.717) is 6.10 Å². The minimum absolute atomic E-state index is 0.328. The molecule has 0 saturated heterocycles. The van der Waals surface area contributed by atoms with Crippen LogP contribution in [0.3, 0.4) is 0 Å². The van der Waals surface area contributed by atoms with Gasteiger partial charge in [-0.1, -0.05) is 6.92 Å². The molecular weight excluding hydrogens is 212 g/mol. The zero-order valence-corrected chi connectivity index (χ0v) is 11.5. The van der Waals surface area contributed by atoms with Crippen LogP contribution in [0.25, 0.3) is 0 Å². The summed E-state index contributed by atoms with van der Waals surface area (Å²) in [6.07, 6.45) is 2.28. The van der Waals surface area contributed by atoms with Crippen molar-refractivity contribution in [2.45, 2.75) is 38.8 Å². The number of ether oxygens (including phenoxy) is 1. The third-order valence-electron chi connectivity index (χ3n) is 2.54. The van der Waals surface area contributed by atoms with Crippen LogP contribution in [0.2, 0.25) is 6.04 Å². The molecular formula is C10H24O4Si. The molecule has 4 nitrogen and oxygen atoms in total. The van der Waals surface area contributed by atoms with Gasteiger partial charge in [-0.3, -0.25) is 0 Å². The summed E-state index contributed by atoms with van der Waals surface area (Å²) in [6.45, 7) is 4.93. The molecule has 0 heterocycles. The van der Waals surface area contributed by atoms with E-state index in [1.54, 1.807) is 21.3 Å². The highest BCUT2D eigenvalue weighted by molar-refractivity contribution is 6.60. The second kappa shape index (κ2) is 8.24. The van der Waals surface area contributed by atoms with Gasteiger partial charge in [-0.05, 0) is 19.8 Å². The summed E-state index contributed by atoms with van der Waals surface area (Å²) in [4.78, 5) is 0. The third-order valence-corrected chi connectivity index (χ3v) is 5.37. The van der Waals surface area contributed by atoms with E-state index in [1.165, 1.54) is 0 Å². The Morgan fingerprint density at radius 1 is 1.07 bits per heavy atom. The molecule has 92 valence electrons. The topological polar surface area (TPSA) is 36.9 Å². The summed E-state index contributed by atoms with van der Waals surface area (Å²) in [5, 5.41) is 0. The molecule has 0 fully saturated rings. The molecule has 1 unspecified atom stereocenters. The average Bonchev–Trinajstić information content (AvgIpc) is 2.30. The highest BCUT2D eigenvalue weighted by Gasteiger charge is 2.36. The van der Waals surface area contributed by atoms with Gasteiger partial charge in [0.15, 0.2) is 0 Å². The van der Waals surface area contributed by atoms with Crippen molar-refractivity contribution in [1.29, 1.82) is 0 Å². The number of hydrogen-bond acceptors (Lipinski definition) is 4. The quantitative estimate of drug-likeness (QED) is 0.454. The molecule has 0 amide bonds. The zero-order chi connectivity index (χ0) is 11.7. The third kappa shape index (κ3) is 5.63. The number of hydrogen-bond donors (Lipinski definition) is 0. The van der Waals surface area contributed by atoms with Gasteiger partial charge in [0, 0.05) is 34.0 Å². The maximum Gasteiger partial charge on any atom is 0.500 e. The van der Waals surface area contributed by atoms with Crippen LogP contribution in [-0.2, 0) is 18.0 Å². The molecule has 0 radical (unpaired) electrons. The van der Waals surface area contributed by atoms with Gasteiger partial charge in [0.1, 0.15) is 0 Å². The highest BCUT2D eigenvalue weighted by atomic mass is 28.4. The first kappa shape index (κ1) is 15.1. The van der Waals surface area contributed by atoms with Crippen molar-refractivity contribution in [2.75, 3.05) is 27.9 Å². The van der Waals surface area contributed by atoms with Gasteiger partial charge in [0.05, 0.1) is 6.10 Å². The smallest absolute Gasteiger partial charge is 0.379 e. The van der Waals surface area contributed by atoms with Crippen LogP contribution in [-0.4, -0.2) is 42.8 Å². The monoisotopic (exact) mass is 236 g/mol. The van der Waals surface area contributed by atoms with E-state index in [1.807, 2.05) is 0 Å². The Labute approximate surface area is 94.2 Å². The molecule has 0 saturated carbocycles. The first-order chi connectivity index (χ1) is 7.14. The van der Waals surface area contributed by atoms with E-state index >= 15 is 0 Å². The summed E-state index contributed by atoms with van der Waals surface area (Å²) in [5.41, 5.74) is 0. The Morgan fingerprint density at radius 2 is 1.60 bits per heavy atom. The van der Waals surface area contributed by atoms with Gasteiger partial charge in [-0.2, -0.15) is 0 Å². The fourth-order valence-electron chi connectivity index (χ4n) is 1.25. The van der Waals surface area contributed by atoms with Gasteiger partial charge < -0.3 is 18.0 Å². The fourth-order valence-corrected chi connectivity index (χ4v) is 2.94. The largest absolute Gasteiger partial charge is 0.500 e. The molecule has 0 aliphatic heterocycles. The molecule has 0 bridgehead atoms. The second-order valence-electron chi connectivity index (χ2n) is 3.49. The molecule has 0 spiro atoms. The van der Waals surface area contributed by atoms with E-state index in [4.69, 9.17) is 18.0 Å². The van der Waals surface area contributed by atoms with Crippen molar-refractivity contribution in [3.05, 3.63) is 0 Å². The summed E-state index contributed by atoms with van der Waals surface area (Å²) >= 11 is 0. The van der Waals surface area contributed by atoms with Crippen LogP contribution < -0.4 is 0 Å². The van der Waals surface area contributed by atoms with Gasteiger partial charge in [0.2, 0.25) is 0 Å². The van der Waals surface area contributed by atoms with Crippen LogP contribution in [0.15, 0.2) is 0 Å². The normalized spacial score (nSPS) is 14.2. The van der Waals surface area contributed by atoms with Crippen LogP contribution >= 0.6 is 0 Å². The molecule has 0 N–H and O–H groups in total. The molecule has 0 aliphatic carbocycles. The van der Waals surface area contributed by atoms with Crippen molar-refractivity contribution >= 4 is 8.80 Å². The van der Waals surface area contributed by atoms with Crippen molar-refractivity contribution in [3.63, 3.8) is 0 Å². The molecule has 0 aliphatic rings. The molecule has 0 rings (SSSR count). The van der Waals surface area contributed by atoms with E-state index in [-0.39, 0.29) is 0 Å². The first-order valence-corrected chi connectivity index (χ1v) is 7.34. The predicted octanol–water partition coefficient (Wildman–Crippen LogP) is 2.07. The van der Waals surface area contributed by atoms with Crippen molar-refractivity contribution in [1.82, 2.24) is 0 Å². The van der Waals surface area contributed by atoms with E-state index < -0.39 is 8.80 Å².